The van der Waals surface area contributed by atoms with Crippen LogP contribution in [0.3, 0.4) is 0 Å². The quantitative estimate of drug-likeness (QED) is 0.273. The van der Waals surface area contributed by atoms with Crippen LogP contribution in [0, 0.1) is 20.8 Å². The molecule has 0 aliphatic heterocycles. The van der Waals surface area contributed by atoms with Crippen LogP contribution < -0.4 is 4.18 Å². The van der Waals surface area contributed by atoms with Crippen LogP contribution in [-0.2, 0) is 38.3 Å². The molecule has 0 saturated heterocycles. The second kappa shape index (κ2) is 9.29. The summed E-state index contributed by atoms with van der Waals surface area (Å²) in [5.74, 6) is -0.788. The van der Waals surface area contributed by atoms with Crippen LogP contribution in [-0.4, -0.2) is 38.0 Å². The van der Waals surface area contributed by atoms with E-state index in [1.807, 2.05) is 0 Å². The van der Waals surface area contributed by atoms with Gasteiger partial charge in [-0.2, -0.15) is 8.42 Å². The molecule has 35 heavy (non-hydrogen) atoms. The number of aryl methyl sites for hydroxylation is 2. The molecule has 0 amide bonds. The minimum Gasteiger partial charge on any atom is -0.772 e. The number of hydrogen-bond acceptors (Lipinski definition) is 8. The van der Waals surface area contributed by atoms with E-state index in [1.165, 1.54) is 35.8 Å². The van der Waals surface area contributed by atoms with Gasteiger partial charge in [-0.1, -0.05) is 34.4 Å². The first-order chi connectivity index (χ1) is 16.5. The number of aromatic nitrogens is 2. The van der Waals surface area contributed by atoms with Crippen LogP contribution in [0.2, 0.25) is 0 Å². The van der Waals surface area contributed by atoms with E-state index in [1.54, 1.807) is 32.0 Å². The van der Waals surface area contributed by atoms with Crippen LogP contribution in [0.4, 0.5) is 0 Å². The molecule has 4 rings (SSSR count). The van der Waals surface area contributed by atoms with Crippen molar-refractivity contribution in [3.8, 4) is 16.9 Å². The molecular formula is C23H21N2O8S2-. The fourth-order valence-corrected chi connectivity index (χ4v) is 5.92. The molecule has 0 spiro atoms. The Labute approximate surface area is 203 Å². The number of rotatable bonds is 8. The van der Waals surface area contributed by atoms with E-state index in [0.29, 0.717) is 39.0 Å². The van der Waals surface area contributed by atoms with Gasteiger partial charge in [0, 0.05) is 22.4 Å². The minimum absolute atomic E-state index is 0.00848. The average Bonchev–Trinajstić information content (AvgIpc) is 3.24. The third-order valence-electron chi connectivity index (χ3n) is 5.54. The van der Waals surface area contributed by atoms with Gasteiger partial charge in [0.25, 0.3) is 0 Å². The van der Waals surface area contributed by atoms with Gasteiger partial charge in [0.1, 0.15) is 22.9 Å². The number of carbonyl (C=O) groups is 1. The third kappa shape index (κ3) is 4.85. The lowest BCUT2D eigenvalue weighted by Gasteiger charge is -2.10. The van der Waals surface area contributed by atoms with Crippen molar-refractivity contribution in [3.05, 3.63) is 65.2 Å². The van der Waals surface area contributed by atoms with Crippen LogP contribution in [0.1, 0.15) is 22.7 Å². The second-order valence-corrected chi connectivity index (χ2v) is 10.3. The van der Waals surface area contributed by atoms with Crippen molar-refractivity contribution in [1.29, 1.82) is 0 Å². The number of aliphatic carboxylic acids is 1. The zero-order valence-electron chi connectivity index (χ0n) is 19.0. The van der Waals surface area contributed by atoms with E-state index in [9.17, 15) is 27.1 Å². The molecule has 2 heterocycles. The topological polar surface area (TPSA) is 152 Å². The number of benzene rings is 2. The number of hydrogen-bond donors (Lipinski definition) is 1. The number of carboxylic acid groups (broad SMARTS) is 1. The van der Waals surface area contributed by atoms with Gasteiger partial charge in [-0.25, -0.2) is 0 Å². The van der Waals surface area contributed by atoms with Gasteiger partial charge in [0.15, 0.2) is 0 Å². The maximum atomic E-state index is 13.4. The molecule has 0 radical (unpaired) electrons. The van der Waals surface area contributed by atoms with Gasteiger partial charge in [0.2, 0.25) is 0 Å². The molecule has 0 saturated carbocycles. The normalized spacial score (nSPS) is 12.7. The molecule has 1 atom stereocenters. The predicted molar refractivity (Wildman–Crippen MR) is 126 cm³/mol. The summed E-state index contributed by atoms with van der Waals surface area (Å²) in [5, 5.41) is 13.6. The molecule has 184 valence electrons. The van der Waals surface area contributed by atoms with Crippen molar-refractivity contribution in [3.63, 3.8) is 0 Å². The molecule has 1 N–H and O–H groups in total. The van der Waals surface area contributed by atoms with Crippen molar-refractivity contribution in [2.75, 3.05) is 0 Å². The van der Waals surface area contributed by atoms with Crippen molar-refractivity contribution in [2.45, 2.75) is 38.0 Å². The first kappa shape index (κ1) is 24.6. The lowest BCUT2D eigenvalue weighted by molar-refractivity contribution is -0.137. The van der Waals surface area contributed by atoms with Crippen molar-refractivity contribution in [2.24, 2.45) is 0 Å². The third-order valence-corrected chi connectivity index (χ3v) is 7.54. The highest BCUT2D eigenvalue weighted by Crippen LogP contribution is 2.36. The van der Waals surface area contributed by atoms with E-state index in [-0.39, 0.29) is 22.1 Å². The number of nitrogens with zero attached hydrogens (tertiary/aromatic N) is 2. The smallest absolute Gasteiger partial charge is 0.341 e. The van der Waals surface area contributed by atoms with E-state index < -0.39 is 33.7 Å². The molecule has 10 nitrogen and oxygen atoms in total. The van der Waals surface area contributed by atoms with Crippen LogP contribution >= 0.6 is 0 Å². The Morgan fingerprint density at radius 1 is 1.17 bits per heavy atom. The van der Waals surface area contributed by atoms with E-state index in [4.69, 9.17) is 8.71 Å². The average molecular weight is 518 g/mol. The van der Waals surface area contributed by atoms with Crippen LogP contribution in [0.5, 0.6) is 5.75 Å². The predicted octanol–water partition coefficient (Wildman–Crippen LogP) is 3.45. The van der Waals surface area contributed by atoms with Gasteiger partial charge in [-0.05, 0) is 56.2 Å². The highest BCUT2D eigenvalue weighted by molar-refractivity contribution is 7.87. The number of carboxylic acids is 1. The zero-order chi connectivity index (χ0) is 25.5. The Hall–Kier alpha value is -3.48. The van der Waals surface area contributed by atoms with Crippen molar-refractivity contribution < 1.29 is 35.8 Å². The number of fused-ring (bicyclic) bond motifs is 1. The second-order valence-electron chi connectivity index (χ2n) is 7.96. The van der Waals surface area contributed by atoms with Crippen LogP contribution in [0.15, 0.2) is 51.9 Å². The molecule has 0 aliphatic rings. The van der Waals surface area contributed by atoms with Gasteiger partial charge in [-0.3, -0.25) is 9.00 Å². The summed E-state index contributed by atoms with van der Waals surface area (Å²) in [7, 11) is -4.40. The Balaban J connectivity index is 1.85. The first-order valence-electron chi connectivity index (χ1n) is 10.3. The summed E-state index contributed by atoms with van der Waals surface area (Å²) in [6, 6.07) is 10.7. The lowest BCUT2D eigenvalue weighted by Crippen LogP contribution is -2.13. The monoisotopic (exact) mass is 517 g/mol. The molecular weight excluding hydrogens is 496 g/mol. The molecule has 0 aliphatic carbocycles. The Bertz CT molecular complexity index is 1550. The fourth-order valence-electron chi connectivity index (χ4n) is 4.10. The largest absolute Gasteiger partial charge is 0.772 e. The maximum Gasteiger partial charge on any atom is 0.341 e. The maximum absolute atomic E-state index is 13.4. The van der Waals surface area contributed by atoms with Gasteiger partial charge < -0.3 is 22.9 Å². The summed E-state index contributed by atoms with van der Waals surface area (Å²) in [6.07, 6.45) is 0. The molecule has 0 fully saturated rings. The summed E-state index contributed by atoms with van der Waals surface area (Å²) in [5.41, 5.74) is 3.09. The summed E-state index contributed by atoms with van der Waals surface area (Å²) >= 11 is -2.28. The Morgan fingerprint density at radius 2 is 1.86 bits per heavy atom. The zero-order valence-corrected chi connectivity index (χ0v) is 20.6. The molecule has 12 heteroatoms. The fraction of sp³-hybridized carbons (Fsp3) is 0.217. The Morgan fingerprint density at radius 3 is 2.43 bits per heavy atom. The molecule has 0 bridgehead atoms. The Kier molecular flexibility index (Phi) is 6.54. The van der Waals surface area contributed by atoms with Gasteiger partial charge in [-0.15, -0.1) is 0 Å². The van der Waals surface area contributed by atoms with Crippen molar-refractivity contribution >= 4 is 38.1 Å². The molecule has 4 aromatic rings. The highest BCUT2D eigenvalue weighted by Gasteiger charge is 2.29. The molecule has 1 unspecified atom stereocenters. The van der Waals surface area contributed by atoms with E-state index in [2.05, 4.69) is 5.16 Å². The SMILES string of the molecule is Cc1noc(C)c1-c1ccc2c(c1)c(S(=O)(=O)Oc1ccc(CS(=O)[O-])cc1)c(C)n2CC(=O)O. The minimum atomic E-state index is -4.40. The first-order valence-corrected chi connectivity index (χ1v) is 13.0. The summed E-state index contributed by atoms with van der Waals surface area (Å²) < 4.78 is 60.6. The molecule has 2 aromatic carbocycles. The lowest BCUT2D eigenvalue weighted by atomic mass is 10.0. The molecule has 2 aromatic heterocycles. The van der Waals surface area contributed by atoms with E-state index >= 15 is 0 Å². The van der Waals surface area contributed by atoms with E-state index in [0.717, 1.165) is 0 Å². The highest BCUT2D eigenvalue weighted by atomic mass is 32.2. The van der Waals surface area contributed by atoms with Crippen LogP contribution in [0.25, 0.3) is 22.0 Å². The van der Waals surface area contributed by atoms with Gasteiger partial charge in [0.05, 0.1) is 11.2 Å². The standard InChI is InChI=1S/C23H22N2O8S2/c1-13-22(15(3)32-24-13)17-6-9-20-19(10-17)23(14(2)25(20)11-21(26)27)35(30,31)33-18-7-4-16(5-8-18)12-34(28)29/h4-10H,11-12H2,1-3H3,(H,26,27)(H,28,29)/p-1. The van der Waals surface area contributed by atoms with Gasteiger partial charge >= 0.3 is 16.1 Å². The van der Waals surface area contributed by atoms with Crippen molar-refractivity contribution in [1.82, 2.24) is 9.72 Å². The summed E-state index contributed by atoms with van der Waals surface area (Å²) in [4.78, 5) is 11.3. The summed E-state index contributed by atoms with van der Waals surface area (Å²) in [6.45, 7) is 4.59.